The average molecular weight is 329 g/mol. The Morgan fingerprint density at radius 1 is 1.33 bits per heavy atom. The SMILES string of the molecule is Cc1ccnn1-c1ccc(C(=O)NC2(CC(=O)O)CCOC2)cc1. The largest absolute Gasteiger partial charge is 0.481 e. The molecule has 0 bridgehead atoms. The highest BCUT2D eigenvalue weighted by Gasteiger charge is 2.38. The molecule has 0 spiro atoms. The fraction of sp³-hybridized carbons (Fsp3) is 0.353. The van der Waals surface area contributed by atoms with Gasteiger partial charge in [0.15, 0.2) is 0 Å². The lowest BCUT2D eigenvalue weighted by molar-refractivity contribution is -0.138. The van der Waals surface area contributed by atoms with Crippen LogP contribution in [0.3, 0.4) is 0 Å². The van der Waals surface area contributed by atoms with E-state index in [0.717, 1.165) is 11.4 Å². The van der Waals surface area contributed by atoms with E-state index in [4.69, 9.17) is 9.84 Å². The van der Waals surface area contributed by atoms with Gasteiger partial charge in [0.2, 0.25) is 0 Å². The van der Waals surface area contributed by atoms with Gasteiger partial charge in [-0.25, -0.2) is 4.68 Å². The molecule has 0 aliphatic carbocycles. The molecule has 126 valence electrons. The summed E-state index contributed by atoms with van der Waals surface area (Å²) in [4.78, 5) is 23.5. The number of nitrogens with one attached hydrogen (secondary N) is 1. The Morgan fingerprint density at radius 3 is 2.62 bits per heavy atom. The van der Waals surface area contributed by atoms with Crippen molar-refractivity contribution in [2.45, 2.75) is 25.3 Å². The van der Waals surface area contributed by atoms with Crippen molar-refractivity contribution in [2.24, 2.45) is 0 Å². The van der Waals surface area contributed by atoms with Crippen LogP contribution >= 0.6 is 0 Å². The van der Waals surface area contributed by atoms with Crippen molar-refractivity contribution in [3.63, 3.8) is 0 Å². The minimum Gasteiger partial charge on any atom is -0.481 e. The Morgan fingerprint density at radius 2 is 2.08 bits per heavy atom. The van der Waals surface area contributed by atoms with E-state index in [0.29, 0.717) is 18.6 Å². The van der Waals surface area contributed by atoms with Crippen LogP contribution in [0.25, 0.3) is 5.69 Å². The van der Waals surface area contributed by atoms with Crippen LogP contribution in [0.1, 0.15) is 28.9 Å². The van der Waals surface area contributed by atoms with Gasteiger partial charge in [0.25, 0.3) is 5.91 Å². The zero-order chi connectivity index (χ0) is 17.2. The van der Waals surface area contributed by atoms with Crippen molar-refractivity contribution in [3.8, 4) is 5.69 Å². The number of amides is 1. The first-order chi connectivity index (χ1) is 11.5. The molecule has 1 atom stereocenters. The first-order valence-corrected chi connectivity index (χ1v) is 7.72. The molecular formula is C17H19N3O4. The molecule has 3 rings (SSSR count). The number of hydrogen-bond acceptors (Lipinski definition) is 4. The van der Waals surface area contributed by atoms with Crippen LogP contribution in [-0.4, -0.2) is 45.5 Å². The van der Waals surface area contributed by atoms with Crippen LogP contribution < -0.4 is 5.32 Å². The number of hydrogen-bond donors (Lipinski definition) is 2. The van der Waals surface area contributed by atoms with E-state index >= 15 is 0 Å². The van der Waals surface area contributed by atoms with Gasteiger partial charge in [-0.2, -0.15) is 5.10 Å². The second kappa shape index (κ2) is 6.45. The van der Waals surface area contributed by atoms with Crippen molar-refractivity contribution >= 4 is 11.9 Å². The summed E-state index contributed by atoms with van der Waals surface area (Å²) in [6.07, 6.45) is 2.06. The van der Waals surface area contributed by atoms with Crippen molar-refractivity contribution in [1.82, 2.24) is 15.1 Å². The summed E-state index contributed by atoms with van der Waals surface area (Å²) >= 11 is 0. The third-order valence-electron chi connectivity index (χ3n) is 4.18. The van der Waals surface area contributed by atoms with Crippen LogP contribution in [0.2, 0.25) is 0 Å². The number of benzene rings is 1. The quantitative estimate of drug-likeness (QED) is 0.868. The molecule has 1 saturated heterocycles. The molecule has 0 radical (unpaired) electrons. The number of aromatic nitrogens is 2. The molecule has 24 heavy (non-hydrogen) atoms. The first kappa shape index (κ1) is 16.2. The van der Waals surface area contributed by atoms with Gasteiger partial charge in [-0.15, -0.1) is 0 Å². The van der Waals surface area contributed by atoms with Crippen LogP contribution in [-0.2, 0) is 9.53 Å². The van der Waals surface area contributed by atoms with Gasteiger partial charge >= 0.3 is 5.97 Å². The lowest BCUT2D eigenvalue weighted by Crippen LogP contribution is -2.50. The molecule has 1 aromatic carbocycles. The van der Waals surface area contributed by atoms with Crippen LogP contribution in [0, 0.1) is 6.92 Å². The van der Waals surface area contributed by atoms with Crippen LogP contribution in [0.15, 0.2) is 36.5 Å². The average Bonchev–Trinajstić information content (AvgIpc) is 3.16. The van der Waals surface area contributed by atoms with Gasteiger partial charge in [0.1, 0.15) is 0 Å². The Labute approximate surface area is 139 Å². The van der Waals surface area contributed by atoms with E-state index < -0.39 is 11.5 Å². The third kappa shape index (κ3) is 3.30. The van der Waals surface area contributed by atoms with E-state index in [2.05, 4.69) is 10.4 Å². The number of nitrogens with zero attached hydrogens (tertiary/aromatic N) is 2. The zero-order valence-corrected chi connectivity index (χ0v) is 13.4. The van der Waals surface area contributed by atoms with Crippen LogP contribution in [0.5, 0.6) is 0 Å². The van der Waals surface area contributed by atoms with Crippen molar-refractivity contribution in [1.29, 1.82) is 0 Å². The molecule has 1 amide bonds. The topological polar surface area (TPSA) is 93.5 Å². The highest BCUT2D eigenvalue weighted by molar-refractivity contribution is 5.95. The Balaban J connectivity index is 1.75. The van der Waals surface area contributed by atoms with E-state index in [1.807, 2.05) is 25.1 Å². The monoisotopic (exact) mass is 329 g/mol. The molecule has 2 N–H and O–H groups in total. The number of carbonyl (C=O) groups excluding carboxylic acids is 1. The minimum absolute atomic E-state index is 0.149. The maximum atomic E-state index is 12.5. The second-order valence-electron chi connectivity index (χ2n) is 6.04. The number of carboxylic acid groups (broad SMARTS) is 1. The molecule has 1 aromatic heterocycles. The fourth-order valence-corrected chi connectivity index (χ4v) is 2.89. The molecule has 0 saturated carbocycles. The molecule has 1 fully saturated rings. The smallest absolute Gasteiger partial charge is 0.305 e. The molecule has 2 aromatic rings. The zero-order valence-electron chi connectivity index (χ0n) is 13.4. The van der Waals surface area contributed by atoms with E-state index in [9.17, 15) is 9.59 Å². The summed E-state index contributed by atoms with van der Waals surface area (Å²) in [5.41, 5.74) is 1.50. The standard InChI is InChI=1S/C17H19N3O4/c1-12-6-8-18-20(12)14-4-2-13(3-5-14)16(23)19-17(10-15(21)22)7-9-24-11-17/h2-6,8H,7,9-11H2,1H3,(H,19,23)(H,21,22). The Bertz CT molecular complexity index is 745. The molecule has 7 heteroatoms. The first-order valence-electron chi connectivity index (χ1n) is 7.72. The summed E-state index contributed by atoms with van der Waals surface area (Å²) in [6, 6.07) is 8.93. The summed E-state index contributed by atoms with van der Waals surface area (Å²) in [6.45, 7) is 2.62. The minimum atomic E-state index is -0.953. The van der Waals surface area contributed by atoms with Crippen LogP contribution in [0.4, 0.5) is 0 Å². The number of aliphatic carboxylic acids is 1. The van der Waals surface area contributed by atoms with E-state index in [1.54, 1.807) is 23.0 Å². The molecule has 1 aliphatic rings. The number of rotatable bonds is 5. The summed E-state index contributed by atoms with van der Waals surface area (Å²) in [7, 11) is 0. The number of aryl methyl sites for hydroxylation is 1. The third-order valence-corrected chi connectivity index (χ3v) is 4.18. The second-order valence-corrected chi connectivity index (χ2v) is 6.04. The fourth-order valence-electron chi connectivity index (χ4n) is 2.89. The van der Waals surface area contributed by atoms with Gasteiger partial charge in [-0.3, -0.25) is 9.59 Å². The molecule has 1 aliphatic heterocycles. The highest BCUT2D eigenvalue weighted by atomic mass is 16.5. The maximum Gasteiger partial charge on any atom is 0.305 e. The lowest BCUT2D eigenvalue weighted by atomic mass is 9.93. The Kier molecular flexibility index (Phi) is 4.35. The number of ether oxygens (including phenoxy) is 1. The lowest BCUT2D eigenvalue weighted by Gasteiger charge is -2.27. The Hall–Kier alpha value is -2.67. The number of carboxylic acids is 1. The molecule has 7 nitrogen and oxygen atoms in total. The molecule has 1 unspecified atom stereocenters. The van der Waals surface area contributed by atoms with Gasteiger partial charge in [0.05, 0.1) is 24.3 Å². The van der Waals surface area contributed by atoms with E-state index in [-0.39, 0.29) is 18.9 Å². The normalized spacial score (nSPS) is 20.0. The molecule has 2 heterocycles. The van der Waals surface area contributed by atoms with Gasteiger partial charge < -0.3 is 15.2 Å². The van der Waals surface area contributed by atoms with Crippen molar-refractivity contribution < 1.29 is 19.4 Å². The summed E-state index contributed by atoms with van der Waals surface area (Å²) in [5, 5.41) is 16.1. The predicted molar refractivity (Wildman–Crippen MR) is 86.2 cm³/mol. The van der Waals surface area contributed by atoms with Gasteiger partial charge in [-0.1, -0.05) is 0 Å². The predicted octanol–water partition coefficient (Wildman–Crippen LogP) is 1.54. The highest BCUT2D eigenvalue weighted by Crippen LogP contribution is 2.23. The number of carbonyl (C=O) groups is 2. The molecular weight excluding hydrogens is 310 g/mol. The maximum absolute atomic E-state index is 12.5. The van der Waals surface area contributed by atoms with E-state index in [1.165, 1.54) is 0 Å². The summed E-state index contributed by atoms with van der Waals surface area (Å²) < 4.78 is 7.07. The van der Waals surface area contributed by atoms with Crippen molar-refractivity contribution in [2.75, 3.05) is 13.2 Å². The van der Waals surface area contributed by atoms with Gasteiger partial charge in [0, 0.05) is 24.1 Å². The summed E-state index contributed by atoms with van der Waals surface area (Å²) in [5.74, 6) is -1.25. The van der Waals surface area contributed by atoms with Crippen molar-refractivity contribution in [3.05, 3.63) is 47.8 Å². The van der Waals surface area contributed by atoms with Gasteiger partial charge in [-0.05, 0) is 43.7 Å².